The van der Waals surface area contributed by atoms with Gasteiger partial charge < -0.3 is 5.32 Å². The summed E-state index contributed by atoms with van der Waals surface area (Å²) in [6.07, 6.45) is 0. The van der Waals surface area contributed by atoms with Crippen molar-refractivity contribution < 1.29 is 4.79 Å². The van der Waals surface area contributed by atoms with Crippen molar-refractivity contribution in [3.63, 3.8) is 0 Å². The molecule has 1 unspecified atom stereocenters. The maximum absolute atomic E-state index is 11.3. The maximum atomic E-state index is 11.3. The second-order valence-electron chi connectivity index (χ2n) is 2.82. The Morgan fingerprint density at radius 3 is 2.29 bits per heavy atom. The minimum absolute atomic E-state index is 0.188. The zero-order chi connectivity index (χ0) is 10.7. The van der Waals surface area contributed by atoms with Gasteiger partial charge in [-0.2, -0.15) is 12.6 Å². The van der Waals surface area contributed by atoms with E-state index in [0.717, 1.165) is 0 Å². The maximum Gasteiger partial charge on any atom is 0.236 e. The van der Waals surface area contributed by atoms with Crippen LogP contribution in [0.15, 0.2) is 18.2 Å². The fourth-order valence-corrected chi connectivity index (χ4v) is 1.46. The first kappa shape index (κ1) is 11.7. The van der Waals surface area contributed by atoms with E-state index in [1.54, 1.807) is 25.1 Å². The van der Waals surface area contributed by atoms with Gasteiger partial charge >= 0.3 is 0 Å². The molecule has 0 aliphatic carbocycles. The molecule has 14 heavy (non-hydrogen) atoms. The van der Waals surface area contributed by atoms with Crippen molar-refractivity contribution in [2.45, 2.75) is 12.2 Å². The minimum atomic E-state index is -0.368. The standard InChI is InChI=1S/C9H9Cl2NOS/c1-5(14)9(13)12-8-3-6(10)2-7(11)4-8/h2-5,14H,1H3,(H,12,13). The lowest BCUT2D eigenvalue weighted by Crippen LogP contribution is -2.20. The van der Waals surface area contributed by atoms with Gasteiger partial charge in [0.05, 0.1) is 5.25 Å². The van der Waals surface area contributed by atoms with E-state index in [0.29, 0.717) is 15.7 Å². The van der Waals surface area contributed by atoms with Crippen LogP contribution in [-0.4, -0.2) is 11.2 Å². The van der Waals surface area contributed by atoms with E-state index < -0.39 is 0 Å². The second-order valence-corrected chi connectivity index (χ2v) is 4.47. The third kappa shape index (κ3) is 3.40. The molecule has 0 fully saturated rings. The van der Waals surface area contributed by atoms with E-state index in [9.17, 15) is 4.79 Å². The van der Waals surface area contributed by atoms with Gasteiger partial charge in [-0.1, -0.05) is 23.2 Å². The molecule has 1 amide bonds. The molecule has 0 heterocycles. The Morgan fingerprint density at radius 1 is 1.36 bits per heavy atom. The monoisotopic (exact) mass is 249 g/mol. The molecule has 1 N–H and O–H groups in total. The van der Waals surface area contributed by atoms with Crippen LogP contribution >= 0.6 is 35.8 Å². The minimum Gasteiger partial charge on any atom is -0.325 e. The van der Waals surface area contributed by atoms with Crippen LogP contribution in [0, 0.1) is 0 Å². The summed E-state index contributed by atoms with van der Waals surface area (Å²) >= 11 is 15.5. The first-order valence-electron chi connectivity index (χ1n) is 3.94. The molecule has 1 rings (SSSR count). The van der Waals surface area contributed by atoms with E-state index in [2.05, 4.69) is 17.9 Å². The van der Waals surface area contributed by atoms with Gasteiger partial charge in [-0.3, -0.25) is 4.79 Å². The number of hydrogen-bond donors (Lipinski definition) is 2. The van der Waals surface area contributed by atoms with Crippen LogP contribution in [0.3, 0.4) is 0 Å². The second kappa shape index (κ2) is 4.91. The molecule has 0 bridgehead atoms. The quantitative estimate of drug-likeness (QED) is 0.775. The van der Waals surface area contributed by atoms with Crippen molar-refractivity contribution in [1.29, 1.82) is 0 Å². The molecule has 1 aromatic carbocycles. The molecule has 0 aromatic heterocycles. The van der Waals surface area contributed by atoms with Crippen molar-refractivity contribution in [3.05, 3.63) is 28.2 Å². The Balaban J connectivity index is 2.82. The predicted octanol–water partition coefficient (Wildman–Crippen LogP) is 3.25. The number of nitrogens with one attached hydrogen (secondary N) is 1. The lowest BCUT2D eigenvalue weighted by molar-refractivity contribution is -0.115. The van der Waals surface area contributed by atoms with Gasteiger partial charge in [0, 0.05) is 15.7 Å². The van der Waals surface area contributed by atoms with Crippen molar-refractivity contribution >= 4 is 47.4 Å². The number of thiol groups is 1. The summed E-state index contributed by atoms with van der Waals surface area (Å²) in [5.74, 6) is -0.188. The highest BCUT2D eigenvalue weighted by atomic mass is 35.5. The Kier molecular flexibility index (Phi) is 4.11. The van der Waals surface area contributed by atoms with Gasteiger partial charge in [0.15, 0.2) is 0 Å². The van der Waals surface area contributed by atoms with Crippen molar-refractivity contribution in [2.24, 2.45) is 0 Å². The number of benzene rings is 1. The first-order chi connectivity index (χ1) is 6.49. The number of anilines is 1. The van der Waals surface area contributed by atoms with E-state index >= 15 is 0 Å². The van der Waals surface area contributed by atoms with Gasteiger partial charge in [0.1, 0.15) is 0 Å². The van der Waals surface area contributed by atoms with Crippen LogP contribution in [-0.2, 0) is 4.79 Å². The molecule has 0 aliphatic heterocycles. The van der Waals surface area contributed by atoms with E-state index in [1.165, 1.54) is 0 Å². The number of halogens is 2. The highest BCUT2D eigenvalue weighted by Crippen LogP contribution is 2.22. The fourth-order valence-electron chi connectivity index (χ4n) is 0.873. The zero-order valence-corrected chi connectivity index (χ0v) is 9.83. The largest absolute Gasteiger partial charge is 0.325 e. The third-order valence-corrected chi connectivity index (χ3v) is 2.18. The Bertz CT molecular complexity index is 334. The SMILES string of the molecule is CC(S)C(=O)Nc1cc(Cl)cc(Cl)c1. The summed E-state index contributed by atoms with van der Waals surface area (Å²) in [6.45, 7) is 1.69. The van der Waals surface area contributed by atoms with Crippen LogP contribution < -0.4 is 5.32 Å². The molecule has 2 nitrogen and oxygen atoms in total. The number of carbonyl (C=O) groups is 1. The Hall–Kier alpha value is -0.380. The molecule has 5 heteroatoms. The van der Waals surface area contributed by atoms with E-state index in [-0.39, 0.29) is 11.2 Å². The Morgan fingerprint density at radius 2 is 1.86 bits per heavy atom. The average molecular weight is 250 g/mol. The van der Waals surface area contributed by atoms with Crippen molar-refractivity contribution in [1.82, 2.24) is 0 Å². The van der Waals surface area contributed by atoms with Gasteiger partial charge in [-0.15, -0.1) is 0 Å². The molecule has 1 atom stereocenters. The average Bonchev–Trinajstić information content (AvgIpc) is 2.01. The smallest absolute Gasteiger partial charge is 0.236 e. The van der Waals surface area contributed by atoms with E-state index in [1.807, 2.05) is 0 Å². The molecule has 0 spiro atoms. The normalized spacial score (nSPS) is 12.3. The highest BCUT2D eigenvalue weighted by molar-refractivity contribution is 7.81. The molecule has 0 saturated carbocycles. The van der Waals surface area contributed by atoms with Crippen LogP contribution in [0.5, 0.6) is 0 Å². The third-order valence-electron chi connectivity index (χ3n) is 1.51. The summed E-state index contributed by atoms with van der Waals surface area (Å²) < 4.78 is 0. The number of carbonyl (C=O) groups excluding carboxylic acids is 1. The first-order valence-corrected chi connectivity index (χ1v) is 5.21. The molecule has 0 saturated heterocycles. The topological polar surface area (TPSA) is 29.1 Å². The van der Waals surface area contributed by atoms with Crippen LogP contribution in [0.2, 0.25) is 10.0 Å². The zero-order valence-electron chi connectivity index (χ0n) is 7.42. The summed E-state index contributed by atoms with van der Waals surface area (Å²) in [5.41, 5.74) is 0.577. The van der Waals surface area contributed by atoms with Crippen molar-refractivity contribution in [2.75, 3.05) is 5.32 Å². The molecule has 1 aromatic rings. The summed E-state index contributed by atoms with van der Waals surface area (Å²) in [6, 6.07) is 4.85. The lowest BCUT2D eigenvalue weighted by atomic mass is 10.3. The summed E-state index contributed by atoms with van der Waals surface area (Å²) in [4.78, 5) is 11.3. The number of rotatable bonds is 2. The number of amides is 1. The van der Waals surface area contributed by atoms with Crippen LogP contribution in [0.1, 0.15) is 6.92 Å². The summed E-state index contributed by atoms with van der Waals surface area (Å²) in [5, 5.41) is 3.24. The van der Waals surface area contributed by atoms with Gasteiger partial charge in [-0.25, -0.2) is 0 Å². The van der Waals surface area contributed by atoms with Gasteiger partial charge in [-0.05, 0) is 25.1 Å². The van der Waals surface area contributed by atoms with Crippen LogP contribution in [0.25, 0.3) is 0 Å². The molecule has 0 aliphatic rings. The lowest BCUT2D eigenvalue weighted by Gasteiger charge is -2.07. The molecular formula is C9H9Cl2NOS. The van der Waals surface area contributed by atoms with E-state index in [4.69, 9.17) is 23.2 Å². The summed E-state index contributed by atoms with van der Waals surface area (Å²) in [7, 11) is 0. The number of hydrogen-bond acceptors (Lipinski definition) is 2. The van der Waals surface area contributed by atoms with Gasteiger partial charge in [0.25, 0.3) is 0 Å². The molecule has 0 radical (unpaired) electrons. The van der Waals surface area contributed by atoms with Crippen molar-refractivity contribution in [3.8, 4) is 0 Å². The predicted molar refractivity (Wildman–Crippen MR) is 63.5 cm³/mol. The molecular weight excluding hydrogens is 241 g/mol. The molecule has 76 valence electrons. The van der Waals surface area contributed by atoms with Crippen LogP contribution in [0.4, 0.5) is 5.69 Å². The Labute approximate surface area is 98.0 Å². The highest BCUT2D eigenvalue weighted by Gasteiger charge is 2.08. The van der Waals surface area contributed by atoms with Gasteiger partial charge in [0.2, 0.25) is 5.91 Å². The fraction of sp³-hybridized carbons (Fsp3) is 0.222.